The van der Waals surface area contributed by atoms with Gasteiger partial charge in [-0.1, -0.05) is 51.1 Å². The number of hydrogen-bond donors (Lipinski definition) is 0. The SMILES string of the molecule is COCOc1cc(CO[Si](C)(C)C(C)(C)C)cc(OCc2ccccc2)c1[C@@H]1OC1(C)C. The second kappa shape index (κ2) is 9.55. The Morgan fingerprint density at radius 1 is 0.938 bits per heavy atom. The highest BCUT2D eigenvalue weighted by atomic mass is 28.4. The Kier molecular flexibility index (Phi) is 7.40. The molecular weight excluding hydrogens is 420 g/mol. The van der Waals surface area contributed by atoms with Crippen LogP contribution in [0.3, 0.4) is 0 Å². The van der Waals surface area contributed by atoms with Crippen molar-refractivity contribution < 1.29 is 23.4 Å². The van der Waals surface area contributed by atoms with Gasteiger partial charge in [0.05, 0.1) is 17.8 Å². The van der Waals surface area contributed by atoms with Gasteiger partial charge in [0.2, 0.25) is 0 Å². The maximum absolute atomic E-state index is 6.48. The highest BCUT2D eigenvalue weighted by Gasteiger charge is 2.52. The van der Waals surface area contributed by atoms with Crippen LogP contribution in [0.25, 0.3) is 0 Å². The van der Waals surface area contributed by atoms with Crippen molar-refractivity contribution in [3.8, 4) is 11.5 Å². The minimum absolute atomic E-state index is 0.0875. The number of ether oxygens (including phenoxy) is 4. The fourth-order valence-corrected chi connectivity index (χ4v) is 4.21. The van der Waals surface area contributed by atoms with Crippen molar-refractivity contribution in [2.24, 2.45) is 0 Å². The smallest absolute Gasteiger partial charge is 0.192 e. The summed E-state index contributed by atoms with van der Waals surface area (Å²) in [5.74, 6) is 1.49. The molecule has 0 saturated carbocycles. The zero-order valence-corrected chi connectivity index (χ0v) is 21.8. The topological polar surface area (TPSA) is 49.5 Å². The van der Waals surface area contributed by atoms with E-state index in [1.807, 2.05) is 24.3 Å². The van der Waals surface area contributed by atoms with Crippen LogP contribution in [0.15, 0.2) is 42.5 Å². The summed E-state index contributed by atoms with van der Waals surface area (Å²) in [6.45, 7) is 16.6. The Labute approximate surface area is 194 Å². The molecule has 0 bridgehead atoms. The predicted molar refractivity (Wildman–Crippen MR) is 130 cm³/mol. The first kappa shape index (κ1) is 24.8. The highest BCUT2D eigenvalue weighted by molar-refractivity contribution is 6.74. The second-order valence-corrected chi connectivity index (χ2v) is 15.3. The van der Waals surface area contributed by atoms with E-state index in [0.717, 1.165) is 28.2 Å². The van der Waals surface area contributed by atoms with Crippen LogP contribution in [0.5, 0.6) is 11.5 Å². The monoisotopic (exact) mass is 458 g/mol. The van der Waals surface area contributed by atoms with Crippen molar-refractivity contribution >= 4 is 8.32 Å². The maximum atomic E-state index is 6.48. The van der Waals surface area contributed by atoms with Crippen molar-refractivity contribution in [2.45, 2.75) is 77.7 Å². The summed E-state index contributed by atoms with van der Waals surface area (Å²) in [6, 6.07) is 14.3. The standard InChI is InChI=1S/C26H38O5Si/c1-25(2,3)32(7,8)30-17-20-14-21(28-16-19-12-10-9-11-13-19)23(24-26(4,5)31-24)22(15-20)29-18-27-6/h9-15,24H,16-18H2,1-8H3/t24-/m0/s1. The molecule has 1 heterocycles. The molecule has 1 saturated heterocycles. The van der Waals surface area contributed by atoms with E-state index in [1.54, 1.807) is 7.11 Å². The number of methoxy groups -OCH3 is 1. The van der Waals surface area contributed by atoms with E-state index in [4.69, 9.17) is 23.4 Å². The fourth-order valence-electron chi connectivity index (χ4n) is 3.25. The van der Waals surface area contributed by atoms with E-state index in [0.29, 0.717) is 13.2 Å². The molecule has 0 unspecified atom stereocenters. The van der Waals surface area contributed by atoms with Crippen LogP contribution in [-0.2, 0) is 27.1 Å². The van der Waals surface area contributed by atoms with Crippen LogP contribution in [0, 0.1) is 0 Å². The van der Waals surface area contributed by atoms with Gasteiger partial charge in [0.1, 0.15) is 24.2 Å². The molecule has 1 atom stereocenters. The van der Waals surface area contributed by atoms with Gasteiger partial charge in [0.15, 0.2) is 15.1 Å². The Balaban J connectivity index is 1.93. The van der Waals surface area contributed by atoms with Crippen molar-refractivity contribution in [1.82, 2.24) is 0 Å². The van der Waals surface area contributed by atoms with E-state index in [1.165, 1.54) is 0 Å². The van der Waals surface area contributed by atoms with Crippen LogP contribution < -0.4 is 9.47 Å². The lowest BCUT2D eigenvalue weighted by Gasteiger charge is -2.36. The molecule has 0 spiro atoms. The summed E-state index contributed by atoms with van der Waals surface area (Å²) >= 11 is 0. The number of rotatable bonds is 10. The molecular formula is C26H38O5Si. The lowest BCUT2D eigenvalue weighted by atomic mass is 9.99. The lowest BCUT2D eigenvalue weighted by molar-refractivity contribution is 0.0497. The maximum Gasteiger partial charge on any atom is 0.192 e. The predicted octanol–water partition coefficient (Wildman–Crippen LogP) is 6.62. The van der Waals surface area contributed by atoms with Crippen LogP contribution in [0.2, 0.25) is 18.1 Å². The molecule has 1 fully saturated rings. The Bertz CT molecular complexity index is 902. The molecule has 1 aliphatic rings. The van der Waals surface area contributed by atoms with Crippen LogP contribution in [-0.4, -0.2) is 27.8 Å². The quantitative estimate of drug-likeness (QED) is 0.227. The molecule has 32 heavy (non-hydrogen) atoms. The molecule has 2 aromatic rings. The fraction of sp³-hybridized carbons (Fsp3) is 0.538. The van der Waals surface area contributed by atoms with Gasteiger partial charge >= 0.3 is 0 Å². The Hall–Kier alpha value is -1.86. The minimum atomic E-state index is -1.90. The average Bonchev–Trinajstić information content (AvgIpc) is 3.36. The van der Waals surface area contributed by atoms with Crippen molar-refractivity contribution in [2.75, 3.05) is 13.9 Å². The second-order valence-electron chi connectivity index (χ2n) is 10.5. The molecule has 6 heteroatoms. The van der Waals surface area contributed by atoms with Crippen LogP contribution in [0.4, 0.5) is 0 Å². The number of benzene rings is 2. The molecule has 2 aromatic carbocycles. The van der Waals surface area contributed by atoms with Crippen molar-refractivity contribution in [3.05, 3.63) is 59.2 Å². The third kappa shape index (κ3) is 5.92. The zero-order chi connectivity index (χ0) is 23.6. The first-order valence-electron chi connectivity index (χ1n) is 11.2. The van der Waals surface area contributed by atoms with Gasteiger partial charge in [-0.2, -0.15) is 0 Å². The number of hydrogen-bond acceptors (Lipinski definition) is 5. The normalized spacial score (nSPS) is 17.8. The lowest BCUT2D eigenvalue weighted by Crippen LogP contribution is -2.40. The Morgan fingerprint density at radius 3 is 2.06 bits per heavy atom. The van der Waals surface area contributed by atoms with Gasteiger partial charge in [-0.15, -0.1) is 0 Å². The summed E-state index contributed by atoms with van der Waals surface area (Å²) in [7, 11) is -0.277. The van der Waals surface area contributed by atoms with Gasteiger partial charge in [0, 0.05) is 7.11 Å². The summed E-state index contributed by atoms with van der Waals surface area (Å²) in [4.78, 5) is 0. The molecule has 1 aliphatic heterocycles. The van der Waals surface area contributed by atoms with Crippen LogP contribution in [0.1, 0.15) is 57.4 Å². The Morgan fingerprint density at radius 2 is 1.53 bits per heavy atom. The third-order valence-electron chi connectivity index (χ3n) is 6.40. The molecule has 0 N–H and O–H groups in total. The van der Waals surface area contributed by atoms with Gasteiger partial charge in [-0.05, 0) is 55.2 Å². The third-order valence-corrected chi connectivity index (χ3v) is 10.9. The molecule has 176 valence electrons. The zero-order valence-electron chi connectivity index (χ0n) is 20.8. The first-order chi connectivity index (χ1) is 14.9. The summed E-state index contributed by atoms with van der Waals surface area (Å²) < 4.78 is 30.0. The number of epoxide rings is 1. The summed E-state index contributed by atoms with van der Waals surface area (Å²) in [5, 5.41) is 0.140. The molecule has 0 aromatic heterocycles. The molecule has 0 amide bonds. The van der Waals surface area contributed by atoms with Gasteiger partial charge in [0.25, 0.3) is 0 Å². The largest absolute Gasteiger partial charge is 0.488 e. The van der Waals surface area contributed by atoms with Crippen molar-refractivity contribution in [1.29, 1.82) is 0 Å². The molecule has 0 radical (unpaired) electrons. The van der Waals surface area contributed by atoms with E-state index >= 15 is 0 Å². The molecule has 5 nitrogen and oxygen atoms in total. The van der Waals surface area contributed by atoms with Gasteiger partial charge in [-0.3, -0.25) is 0 Å². The van der Waals surface area contributed by atoms with Gasteiger partial charge in [-0.25, -0.2) is 0 Å². The molecule has 0 aliphatic carbocycles. The molecule has 3 rings (SSSR count). The van der Waals surface area contributed by atoms with E-state index in [-0.39, 0.29) is 23.5 Å². The van der Waals surface area contributed by atoms with Gasteiger partial charge < -0.3 is 23.4 Å². The first-order valence-corrected chi connectivity index (χ1v) is 14.1. The average molecular weight is 459 g/mol. The highest BCUT2D eigenvalue weighted by Crippen LogP contribution is 2.55. The van der Waals surface area contributed by atoms with E-state index in [9.17, 15) is 0 Å². The summed E-state index contributed by atoms with van der Waals surface area (Å²) in [5.41, 5.74) is 2.80. The van der Waals surface area contributed by atoms with Crippen molar-refractivity contribution in [3.63, 3.8) is 0 Å². The van der Waals surface area contributed by atoms with E-state index in [2.05, 4.69) is 65.9 Å². The van der Waals surface area contributed by atoms with Crippen LogP contribution >= 0.6 is 0 Å². The minimum Gasteiger partial charge on any atom is -0.488 e. The van der Waals surface area contributed by atoms with E-state index < -0.39 is 8.32 Å². The summed E-state index contributed by atoms with van der Waals surface area (Å²) in [6.07, 6.45) is -0.0875.